The molecule has 9 aromatic rings. The van der Waals surface area contributed by atoms with E-state index in [1.54, 1.807) is 5.56 Å². The van der Waals surface area contributed by atoms with E-state index in [1.807, 2.05) is 0 Å². The number of hydrogen-bond donors (Lipinski definition) is 0. The number of nitrogens with zero attached hydrogens (tertiary/aromatic N) is 3. The molecule has 4 unspecified atom stereocenters. The van der Waals surface area contributed by atoms with Crippen LogP contribution >= 0.6 is 11.8 Å². The molecule has 7 aliphatic rings. The average Bonchev–Trinajstić information content (AvgIpc) is 1.45. The number of thioether (sulfide) groups is 1. The SMILES string of the molecule is CC(C)(C)c1ccc(-c2cccc(N3C4=C(SC5(c6ccccc6)CCCC45C)B4c5c3cc(N3c6cc(C(C)(C)C)cc(C(C)(C)C)c6C6(C)CCCCC36C)cc5N(c3cccc(-c5ccc(C(C)(C)C)cc5)c3)c3ccc5c6c(oc5c34)C(C)(C)CCC6(C)C)c2)cc1. The third-order valence-electron chi connectivity index (χ3n) is 25.3. The second kappa shape index (κ2) is 21.0. The fraction of sp³-hybridized carbons (Fsp3) is 0.422. The first-order valence-corrected chi connectivity index (χ1v) is 37.3. The molecule has 0 amide bonds. The van der Waals surface area contributed by atoms with Gasteiger partial charge in [0.1, 0.15) is 11.3 Å². The van der Waals surface area contributed by atoms with Crippen LogP contribution in [0.4, 0.5) is 39.8 Å². The Hall–Kier alpha value is -7.15. The van der Waals surface area contributed by atoms with Gasteiger partial charge in [-0.1, -0.05) is 253 Å². The molecule has 4 nitrogen and oxygen atoms in total. The number of anilines is 7. The van der Waals surface area contributed by atoms with E-state index < -0.39 is 0 Å². The maximum Gasteiger partial charge on any atom is 0.264 e. The molecule has 0 saturated heterocycles. The van der Waals surface area contributed by atoms with Crippen molar-refractivity contribution in [3.8, 4) is 22.3 Å². The first-order valence-electron chi connectivity index (χ1n) is 36.5. The monoisotopic (exact) mass is 1280 g/mol. The van der Waals surface area contributed by atoms with Gasteiger partial charge in [0, 0.05) is 72.7 Å². The van der Waals surface area contributed by atoms with Crippen LogP contribution in [0.3, 0.4) is 0 Å². The predicted octanol–water partition coefficient (Wildman–Crippen LogP) is 24.2. The molecule has 8 aromatic carbocycles. The van der Waals surface area contributed by atoms with E-state index >= 15 is 0 Å². The number of furan rings is 1. The summed E-state index contributed by atoms with van der Waals surface area (Å²) in [6, 6.07) is 65.6. The van der Waals surface area contributed by atoms with Gasteiger partial charge in [-0.2, -0.15) is 0 Å². The Morgan fingerprint density at radius 3 is 1.57 bits per heavy atom. The molecule has 0 bridgehead atoms. The lowest BCUT2D eigenvalue weighted by atomic mass is 9.36. The lowest BCUT2D eigenvalue weighted by molar-refractivity contribution is 0.193. The number of rotatable bonds is 6. The highest BCUT2D eigenvalue weighted by atomic mass is 32.2. The standard InChI is InChI=1S/C90H102BN3OS/c1-81(2,3)60-38-34-56(35-39-60)58-28-25-32-64(50-58)92-69-43-42-67-73-79(86(15,16)49-48-85(73,13)14)95-77(67)76(69)91-75-71(92)54-66(94-70-53-63(83(7,8)9)52-68(84(10,11)12)74(70)87(17)44-23-24-46-89(87,94)19)55-72(75)93(65-33-26-29-59(51-65)57-36-40-61(41-37-57)82(4,5)6)78-80(91)96-90(47-27-45-88(78,90)18)62-30-21-20-22-31-62/h20-22,25-26,28-43,50-55H,23-24,27,44-49H2,1-19H3. The topological polar surface area (TPSA) is 22.9 Å². The molecule has 492 valence electrons. The Morgan fingerprint density at radius 1 is 0.417 bits per heavy atom. The molecular formula is C90H102BN3OS. The summed E-state index contributed by atoms with van der Waals surface area (Å²) in [7, 11) is 0. The molecule has 0 spiro atoms. The molecule has 2 saturated carbocycles. The molecule has 3 aliphatic carbocycles. The van der Waals surface area contributed by atoms with Gasteiger partial charge in [0.25, 0.3) is 6.71 Å². The molecule has 96 heavy (non-hydrogen) atoms. The summed E-state index contributed by atoms with van der Waals surface area (Å²) in [6.07, 6.45) is 10.2. The van der Waals surface area contributed by atoms with Crippen LogP contribution in [-0.4, -0.2) is 12.3 Å². The number of allylic oxidation sites excluding steroid dienone is 1. The summed E-state index contributed by atoms with van der Waals surface area (Å²) in [5, 5.41) is 1.28. The maximum absolute atomic E-state index is 7.97. The van der Waals surface area contributed by atoms with E-state index in [-0.39, 0.29) is 60.3 Å². The van der Waals surface area contributed by atoms with Crippen LogP contribution in [-0.2, 0) is 42.7 Å². The van der Waals surface area contributed by atoms with Crippen LogP contribution in [0.5, 0.6) is 0 Å². The Labute approximate surface area is 579 Å². The van der Waals surface area contributed by atoms with E-state index in [9.17, 15) is 0 Å². The highest BCUT2D eigenvalue weighted by molar-refractivity contribution is 8.06. The van der Waals surface area contributed by atoms with Gasteiger partial charge in [0.05, 0.1) is 10.3 Å². The molecule has 4 aliphatic heterocycles. The van der Waals surface area contributed by atoms with Crippen LogP contribution in [0.1, 0.15) is 234 Å². The maximum atomic E-state index is 7.97. The number of benzene rings is 8. The Bertz CT molecular complexity index is 4710. The lowest BCUT2D eigenvalue weighted by Crippen LogP contribution is -2.57. The van der Waals surface area contributed by atoms with Crippen molar-refractivity contribution in [3.63, 3.8) is 0 Å². The molecule has 2 fully saturated rings. The van der Waals surface area contributed by atoms with Crippen molar-refractivity contribution >= 4 is 80.2 Å². The number of hydrogen-bond acceptors (Lipinski definition) is 5. The Kier molecular flexibility index (Phi) is 13.9. The third kappa shape index (κ3) is 9.13. The molecule has 0 radical (unpaired) electrons. The molecule has 6 heteroatoms. The van der Waals surface area contributed by atoms with Crippen LogP contribution in [0.15, 0.2) is 179 Å². The molecule has 4 atom stereocenters. The minimum atomic E-state index is -0.265. The van der Waals surface area contributed by atoms with Gasteiger partial charge in [0.2, 0.25) is 0 Å². The highest BCUT2D eigenvalue weighted by Gasteiger charge is 2.66. The van der Waals surface area contributed by atoms with Crippen molar-refractivity contribution < 1.29 is 4.42 Å². The van der Waals surface area contributed by atoms with Gasteiger partial charge in [-0.15, -0.1) is 11.8 Å². The Balaban J connectivity index is 1.06. The molecule has 16 rings (SSSR count). The van der Waals surface area contributed by atoms with Crippen molar-refractivity contribution in [2.24, 2.45) is 5.41 Å². The fourth-order valence-electron chi connectivity index (χ4n) is 19.5. The van der Waals surface area contributed by atoms with Gasteiger partial charge in [-0.25, -0.2) is 0 Å². The molecule has 5 heterocycles. The zero-order valence-corrected chi connectivity index (χ0v) is 62.0. The summed E-state index contributed by atoms with van der Waals surface area (Å²) in [5.74, 6) is 1.17. The summed E-state index contributed by atoms with van der Waals surface area (Å²) < 4.78 is 7.75. The second-order valence-corrected chi connectivity index (χ2v) is 37.8. The molecule has 0 N–H and O–H groups in total. The van der Waals surface area contributed by atoms with Gasteiger partial charge >= 0.3 is 0 Å². The van der Waals surface area contributed by atoms with Crippen molar-refractivity contribution in [2.45, 2.75) is 238 Å². The Morgan fingerprint density at radius 2 is 0.979 bits per heavy atom. The van der Waals surface area contributed by atoms with Gasteiger partial charge in [-0.3, -0.25) is 0 Å². The summed E-state index contributed by atoms with van der Waals surface area (Å²) >= 11 is 2.22. The predicted molar refractivity (Wildman–Crippen MR) is 413 cm³/mol. The fourth-order valence-corrected chi connectivity index (χ4v) is 21.6. The minimum Gasteiger partial charge on any atom is -0.461 e. The smallest absolute Gasteiger partial charge is 0.264 e. The first kappa shape index (κ1) is 63.6. The van der Waals surface area contributed by atoms with Crippen molar-refractivity contribution in [1.29, 1.82) is 0 Å². The lowest BCUT2D eigenvalue weighted by Gasteiger charge is -2.51. The van der Waals surface area contributed by atoms with Crippen LogP contribution in [0.25, 0.3) is 33.2 Å². The molecular weight excluding hydrogens is 1180 g/mol. The first-order chi connectivity index (χ1) is 45.2. The third-order valence-corrected chi connectivity index (χ3v) is 27.2. The largest absolute Gasteiger partial charge is 0.461 e. The summed E-state index contributed by atoms with van der Waals surface area (Å²) in [5.41, 5.74) is 27.9. The van der Waals surface area contributed by atoms with Crippen molar-refractivity contribution in [3.05, 3.63) is 219 Å². The zero-order valence-electron chi connectivity index (χ0n) is 61.2. The van der Waals surface area contributed by atoms with E-state index in [4.69, 9.17) is 4.42 Å². The van der Waals surface area contributed by atoms with Crippen molar-refractivity contribution in [1.82, 2.24) is 0 Å². The minimum absolute atomic E-state index is 0.0423. The van der Waals surface area contributed by atoms with Gasteiger partial charge in [0.15, 0.2) is 0 Å². The van der Waals surface area contributed by atoms with E-state index in [1.165, 1.54) is 135 Å². The van der Waals surface area contributed by atoms with E-state index in [0.717, 1.165) is 56.2 Å². The van der Waals surface area contributed by atoms with E-state index in [2.05, 4.69) is 322 Å². The van der Waals surface area contributed by atoms with Crippen LogP contribution in [0, 0.1) is 5.41 Å². The second-order valence-electron chi connectivity index (χ2n) is 36.5. The normalized spacial score (nSPS) is 24.0. The summed E-state index contributed by atoms with van der Waals surface area (Å²) in [4.78, 5) is 10.00. The van der Waals surface area contributed by atoms with Crippen molar-refractivity contribution in [2.75, 3.05) is 14.7 Å². The summed E-state index contributed by atoms with van der Waals surface area (Å²) in [6.45, 7) is 46.3. The van der Waals surface area contributed by atoms with Crippen LogP contribution < -0.4 is 25.6 Å². The average molecular weight is 1280 g/mol. The highest BCUT2D eigenvalue weighted by Crippen LogP contribution is 2.74. The number of fused-ring (bicyclic) bond motifs is 12. The quantitative estimate of drug-likeness (QED) is 0.154. The van der Waals surface area contributed by atoms with Gasteiger partial charge in [-0.05, 0) is 198 Å². The zero-order chi connectivity index (χ0) is 67.6. The van der Waals surface area contributed by atoms with E-state index in [0.29, 0.717) is 0 Å². The molecule has 1 aromatic heterocycles. The van der Waals surface area contributed by atoms with Crippen LogP contribution in [0.2, 0.25) is 0 Å². The van der Waals surface area contributed by atoms with Gasteiger partial charge < -0.3 is 19.1 Å².